The van der Waals surface area contributed by atoms with Gasteiger partial charge in [0, 0.05) is 34.9 Å². The number of hydrogen-bond acceptors (Lipinski definition) is 3. The average Bonchev–Trinajstić information content (AvgIpc) is 3.06. The van der Waals surface area contributed by atoms with Crippen molar-refractivity contribution in [2.24, 2.45) is 0 Å². The first-order valence-electron chi connectivity index (χ1n) is 9.23. The van der Waals surface area contributed by atoms with E-state index in [-0.39, 0.29) is 5.91 Å². The van der Waals surface area contributed by atoms with Crippen molar-refractivity contribution in [1.82, 2.24) is 20.2 Å². The first-order chi connectivity index (χ1) is 13.5. The number of aromatic amines is 1. The predicted octanol–water partition coefficient (Wildman–Crippen LogP) is 2.47. The maximum Gasteiger partial charge on any atom is 0.269 e. The summed E-state index contributed by atoms with van der Waals surface area (Å²) >= 11 is 0. The number of carbonyl (C=O) groups is 1. The lowest BCUT2D eigenvalue weighted by Gasteiger charge is -2.11. The molecule has 0 bridgehead atoms. The number of para-hydroxylation sites is 1. The largest absolute Gasteiger partial charge is 0.353 e. The van der Waals surface area contributed by atoms with Gasteiger partial charge in [0.1, 0.15) is 13.5 Å². The van der Waals surface area contributed by atoms with Gasteiger partial charge in [-0.3, -0.25) is 4.79 Å². The van der Waals surface area contributed by atoms with E-state index in [9.17, 15) is 4.79 Å². The summed E-state index contributed by atoms with van der Waals surface area (Å²) in [5.41, 5.74) is 4.68. The van der Waals surface area contributed by atoms with Crippen molar-refractivity contribution in [1.29, 1.82) is 0 Å². The van der Waals surface area contributed by atoms with Crippen LogP contribution in [0.4, 0.5) is 0 Å². The predicted molar refractivity (Wildman–Crippen MR) is 115 cm³/mol. The van der Waals surface area contributed by atoms with E-state index in [1.165, 1.54) is 0 Å². The van der Waals surface area contributed by atoms with Gasteiger partial charge in [-0.25, -0.2) is 4.98 Å². The summed E-state index contributed by atoms with van der Waals surface area (Å²) in [5.74, 6) is -0.175. The number of hydrogen-bond donors (Lipinski definition) is 2. The molecule has 0 aliphatic carbocycles. The summed E-state index contributed by atoms with van der Waals surface area (Å²) in [5, 5.41) is 5.00. The van der Waals surface area contributed by atoms with E-state index in [1.54, 1.807) is 0 Å². The zero-order valence-electron chi connectivity index (χ0n) is 16.0. The number of H-pyrrole nitrogens is 1. The average molecular weight is 368 g/mol. The monoisotopic (exact) mass is 368 g/mol. The SMILES string of the molecule is [B]c1ccc(-c2nc(C(=O)NCCN(C)C)cc3c2[nH]c2ccccc23)cc1. The van der Waals surface area contributed by atoms with Crippen LogP contribution in [0, 0.1) is 0 Å². The Morgan fingerprint density at radius 1 is 1.11 bits per heavy atom. The molecule has 0 aliphatic heterocycles. The molecule has 2 heterocycles. The number of aromatic nitrogens is 2. The van der Waals surface area contributed by atoms with E-state index in [2.05, 4.69) is 16.4 Å². The molecule has 1 amide bonds. The van der Waals surface area contributed by atoms with Crippen LogP contribution in [0.3, 0.4) is 0 Å². The third-order valence-electron chi connectivity index (χ3n) is 4.76. The highest BCUT2D eigenvalue weighted by molar-refractivity contribution is 6.32. The number of nitrogens with zero attached hydrogens (tertiary/aromatic N) is 2. The molecular weight excluding hydrogens is 347 g/mol. The first-order valence-corrected chi connectivity index (χ1v) is 9.23. The lowest BCUT2D eigenvalue weighted by molar-refractivity contribution is 0.0946. The Morgan fingerprint density at radius 2 is 1.86 bits per heavy atom. The summed E-state index contributed by atoms with van der Waals surface area (Å²) in [6.45, 7) is 1.34. The van der Waals surface area contributed by atoms with Gasteiger partial charge in [0.05, 0.1) is 11.2 Å². The van der Waals surface area contributed by atoms with Crippen LogP contribution < -0.4 is 10.8 Å². The molecule has 4 rings (SSSR count). The number of nitrogens with one attached hydrogen (secondary N) is 2. The maximum absolute atomic E-state index is 12.7. The van der Waals surface area contributed by atoms with Gasteiger partial charge in [0.2, 0.25) is 0 Å². The quantitative estimate of drug-likeness (QED) is 0.532. The molecule has 2 aromatic heterocycles. The Hall–Kier alpha value is -3.12. The lowest BCUT2D eigenvalue weighted by Crippen LogP contribution is -2.31. The van der Waals surface area contributed by atoms with Crippen LogP contribution in [0.15, 0.2) is 54.6 Å². The van der Waals surface area contributed by atoms with E-state index in [4.69, 9.17) is 12.8 Å². The van der Waals surface area contributed by atoms with Crippen molar-refractivity contribution < 1.29 is 4.79 Å². The van der Waals surface area contributed by atoms with Gasteiger partial charge in [0.25, 0.3) is 5.91 Å². The van der Waals surface area contributed by atoms with Crippen molar-refractivity contribution in [3.8, 4) is 11.3 Å². The van der Waals surface area contributed by atoms with E-state index in [0.717, 1.165) is 39.6 Å². The zero-order valence-corrected chi connectivity index (χ0v) is 16.0. The van der Waals surface area contributed by atoms with Crippen molar-refractivity contribution in [2.45, 2.75) is 0 Å². The topological polar surface area (TPSA) is 61.0 Å². The summed E-state index contributed by atoms with van der Waals surface area (Å²) < 4.78 is 0. The highest BCUT2D eigenvalue weighted by atomic mass is 16.1. The van der Waals surface area contributed by atoms with Gasteiger partial charge in [-0.2, -0.15) is 0 Å². The molecular formula is C22H21BN4O. The fourth-order valence-electron chi connectivity index (χ4n) is 3.30. The Kier molecular flexibility index (Phi) is 4.88. The van der Waals surface area contributed by atoms with E-state index in [1.807, 2.05) is 67.5 Å². The molecule has 0 saturated carbocycles. The third-order valence-corrected chi connectivity index (χ3v) is 4.76. The first kappa shape index (κ1) is 18.3. The number of carbonyl (C=O) groups excluding carboxylic acids is 1. The molecule has 6 heteroatoms. The molecule has 5 nitrogen and oxygen atoms in total. The van der Waals surface area contributed by atoms with Crippen LogP contribution in [-0.4, -0.2) is 55.8 Å². The fraction of sp³-hybridized carbons (Fsp3) is 0.182. The Bertz CT molecular complexity index is 1150. The van der Waals surface area contributed by atoms with Crippen molar-refractivity contribution in [2.75, 3.05) is 27.2 Å². The van der Waals surface area contributed by atoms with Gasteiger partial charge >= 0.3 is 0 Å². The summed E-state index contributed by atoms with van der Waals surface area (Å²) in [6.07, 6.45) is 0. The van der Waals surface area contributed by atoms with Crippen LogP contribution in [0.5, 0.6) is 0 Å². The van der Waals surface area contributed by atoms with Crippen LogP contribution in [0.1, 0.15) is 10.5 Å². The molecule has 0 unspecified atom stereocenters. The molecule has 2 aromatic carbocycles. The second-order valence-electron chi connectivity index (χ2n) is 7.13. The van der Waals surface area contributed by atoms with Gasteiger partial charge in [-0.15, -0.1) is 0 Å². The Morgan fingerprint density at radius 3 is 2.61 bits per heavy atom. The van der Waals surface area contributed by atoms with Crippen LogP contribution in [-0.2, 0) is 0 Å². The smallest absolute Gasteiger partial charge is 0.269 e. The second-order valence-corrected chi connectivity index (χ2v) is 7.13. The van der Waals surface area contributed by atoms with Crippen molar-refractivity contribution in [3.63, 3.8) is 0 Å². The van der Waals surface area contributed by atoms with Gasteiger partial charge in [-0.05, 0) is 26.2 Å². The second kappa shape index (κ2) is 7.48. The molecule has 4 aromatic rings. The molecule has 0 atom stereocenters. The molecule has 2 radical (unpaired) electrons. The molecule has 2 N–H and O–H groups in total. The number of fused-ring (bicyclic) bond motifs is 3. The normalized spacial score (nSPS) is 11.4. The number of amides is 1. The van der Waals surface area contributed by atoms with Gasteiger partial charge in [-0.1, -0.05) is 47.9 Å². The molecule has 0 spiro atoms. The third kappa shape index (κ3) is 3.51. The molecule has 0 saturated heterocycles. The number of benzene rings is 2. The fourth-order valence-corrected chi connectivity index (χ4v) is 3.30. The molecule has 0 aliphatic rings. The van der Waals surface area contributed by atoms with Crippen molar-refractivity contribution >= 4 is 41.0 Å². The molecule has 138 valence electrons. The van der Waals surface area contributed by atoms with Crippen LogP contribution in [0.25, 0.3) is 33.1 Å². The zero-order chi connectivity index (χ0) is 19.7. The van der Waals surface area contributed by atoms with Crippen LogP contribution >= 0.6 is 0 Å². The summed E-state index contributed by atoms with van der Waals surface area (Å²) in [4.78, 5) is 22.9. The highest BCUT2D eigenvalue weighted by Crippen LogP contribution is 2.32. The maximum atomic E-state index is 12.7. The number of pyridine rings is 1. The van der Waals surface area contributed by atoms with E-state index < -0.39 is 0 Å². The minimum absolute atomic E-state index is 0.175. The van der Waals surface area contributed by atoms with Crippen molar-refractivity contribution in [3.05, 3.63) is 60.3 Å². The van der Waals surface area contributed by atoms with Gasteiger partial charge in [0.15, 0.2) is 0 Å². The van der Waals surface area contributed by atoms with E-state index in [0.29, 0.717) is 17.7 Å². The minimum Gasteiger partial charge on any atom is -0.353 e. The minimum atomic E-state index is -0.175. The summed E-state index contributed by atoms with van der Waals surface area (Å²) in [7, 11) is 9.79. The number of rotatable bonds is 5. The standard InChI is InChI=1S/C22H21BN4O/c1-27(2)12-11-24-22(28)19-13-17-16-5-3-4-6-18(16)25-21(17)20(26-19)14-7-9-15(23)10-8-14/h3-10,13,25H,11-12H2,1-2H3,(H,24,28). The van der Waals surface area contributed by atoms with Gasteiger partial charge < -0.3 is 15.2 Å². The molecule has 0 fully saturated rings. The Balaban J connectivity index is 1.85. The van der Waals surface area contributed by atoms with Crippen LogP contribution in [0.2, 0.25) is 0 Å². The number of likely N-dealkylation sites (N-methyl/N-ethyl adjacent to an activating group) is 1. The highest BCUT2D eigenvalue weighted by Gasteiger charge is 2.16. The lowest BCUT2D eigenvalue weighted by atomic mass is 9.94. The Labute approximate surface area is 165 Å². The molecule has 28 heavy (non-hydrogen) atoms. The summed E-state index contributed by atoms with van der Waals surface area (Å²) in [6, 6.07) is 17.5. The van der Waals surface area contributed by atoms with E-state index >= 15 is 0 Å².